The molecular formula is C13H13F4NO2. The minimum absolute atomic E-state index is 0.109. The summed E-state index contributed by atoms with van der Waals surface area (Å²) < 4.78 is 50.7. The maximum absolute atomic E-state index is 13.3. The van der Waals surface area contributed by atoms with Gasteiger partial charge in [-0.3, -0.25) is 4.90 Å². The number of halogens is 4. The average molecular weight is 291 g/mol. The molecule has 7 heteroatoms. The van der Waals surface area contributed by atoms with E-state index in [0.717, 1.165) is 12.1 Å². The number of carboxylic acids is 1. The summed E-state index contributed by atoms with van der Waals surface area (Å²) in [6, 6.07) is 2.96. The number of alkyl halides is 3. The number of nitrogens with zero attached hydrogens (tertiary/aromatic N) is 1. The van der Waals surface area contributed by atoms with Gasteiger partial charge in [-0.25, -0.2) is 9.18 Å². The highest BCUT2D eigenvalue weighted by molar-refractivity contribution is 5.87. The van der Waals surface area contributed by atoms with E-state index in [0.29, 0.717) is 12.8 Å². The molecule has 0 heterocycles. The zero-order valence-electron chi connectivity index (χ0n) is 10.5. The fourth-order valence-corrected chi connectivity index (χ4v) is 2.08. The van der Waals surface area contributed by atoms with Crippen molar-refractivity contribution in [3.8, 4) is 0 Å². The van der Waals surface area contributed by atoms with Crippen LogP contribution in [-0.2, 0) is 6.54 Å². The molecule has 110 valence electrons. The predicted octanol–water partition coefficient (Wildman–Crippen LogP) is 3.05. The Bertz CT molecular complexity index is 512. The first kappa shape index (κ1) is 14.8. The zero-order valence-corrected chi connectivity index (χ0v) is 10.5. The van der Waals surface area contributed by atoms with E-state index in [1.165, 1.54) is 11.0 Å². The van der Waals surface area contributed by atoms with Crippen molar-refractivity contribution in [2.45, 2.75) is 31.6 Å². The first-order valence-electron chi connectivity index (χ1n) is 6.08. The van der Waals surface area contributed by atoms with Crippen LogP contribution in [0.5, 0.6) is 0 Å². The maximum Gasteiger partial charge on any atom is 0.401 e. The van der Waals surface area contributed by atoms with Gasteiger partial charge in [0, 0.05) is 12.6 Å². The lowest BCUT2D eigenvalue weighted by Gasteiger charge is -2.23. The highest BCUT2D eigenvalue weighted by Gasteiger charge is 2.37. The van der Waals surface area contributed by atoms with Crippen LogP contribution in [0.25, 0.3) is 0 Å². The molecule has 0 radical (unpaired) electrons. The van der Waals surface area contributed by atoms with Crippen LogP contribution in [0.1, 0.15) is 28.8 Å². The SMILES string of the molecule is O=C(O)c1cc(F)cc(CN(CC(F)(F)F)C2CC2)c1. The van der Waals surface area contributed by atoms with Crippen LogP contribution in [0.3, 0.4) is 0 Å². The van der Waals surface area contributed by atoms with E-state index in [-0.39, 0.29) is 23.7 Å². The monoisotopic (exact) mass is 291 g/mol. The second kappa shape index (κ2) is 5.40. The number of hydrogen-bond acceptors (Lipinski definition) is 2. The molecule has 0 amide bonds. The molecule has 0 atom stereocenters. The molecule has 0 unspecified atom stereocenters. The lowest BCUT2D eigenvalue weighted by atomic mass is 10.1. The Morgan fingerprint density at radius 2 is 1.95 bits per heavy atom. The fourth-order valence-electron chi connectivity index (χ4n) is 2.08. The molecule has 0 saturated heterocycles. The number of carboxylic acid groups (broad SMARTS) is 1. The van der Waals surface area contributed by atoms with Crippen LogP contribution in [-0.4, -0.2) is 34.7 Å². The van der Waals surface area contributed by atoms with Gasteiger partial charge in [0.2, 0.25) is 0 Å². The van der Waals surface area contributed by atoms with Gasteiger partial charge in [-0.05, 0) is 36.6 Å². The Labute approximate surface area is 112 Å². The van der Waals surface area contributed by atoms with E-state index in [2.05, 4.69) is 0 Å². The van der Waals surface area contributed by atoms with Crippen molar-refractivity contribution < 1.29 is 27.5 Å². The molecule has 0 aliphatic heterocycles. The third kappa shape index (κ3) is 4.19. The van der Waals surface area contributed by atoms with Crippen molar-refractivity contribution in [1.82, 2.24) is 4.90 Å². The Morgan fingerprint density at radius 3 is 2.45 bits per heavy atom. The summed E-state index contributed by atoms with van der Waals surface area (Å²) in [6.07, 6.45) is -2.97. The maximum atomic E-state index is 13.3. The number of hydrogen-bond donors (Lipinski definition) is 1. The Kier molecular flexibility index (Phi) is 3.99. The van der Waals surface area contributed by atoms with Crippen LogP contribution in [0, 0.1) is 5.82 Å². The standard InChI is InChI=1S/C13H13F4NO2/c14-10-4-8(3-9(5-10)12(19)20)6-18(11-1-2-11)7-13(15,16)17/h3-5,11H,1-2,6-7H2,(H,19,20). The van der Waals surface area contributed by atoms with Crippen molar-refractivity contribution in [1.29, 1.82) is 0 Å². The summed E-state index contributed by atoms with van der Waals surface area (Å²) in [7, 11) is 0. The van der Waals surface area contributed by atoms with E-state index in [4.69, 9.17) is 5.11 Å². The lowest BCUT2D eigenvalue weighted by molar-refractivity contribution is -0.148. The van der Waals surface area contributed by atoms with Gasteiger partial charge in [0.1, 0.15) is 5.82 Å². The minimum atomic E-state index is -4.33. The Hall–Kier alpha value is -1.63. The summed E-state index contributed by atoms with van der Waals surface area (Å²) in [5, 5.41) is 8.82. The first-order valence-corrected chi connectivity index (χ1v) is 6.08. The summed E-state index contributed by atoms with van der Waals surface area (Å²) in [5.41, 5.74) is -0.0266. The van der Waals surface area contributed by atoms with E-state index in [1.807, 2.05) is 0 Å². The summed E-state index contributed by atoms with van der Waals surface area (Å²) in [5.74, 6) is -2.07. The van der Waals surface area contributed by atoms with E-state index in [9.17, 15) is 22.4 Å². The van der Waals surface area contributed by atoms with Gasteiger partial charge < -0.3 is 5.11 Å². The lowest BCUT2D eigenvalue weighted by Crippen LogP contribution is -2.35. The van der Waals surface area contributed by atoms with Gasteiger partial charge >= 0.3 is 12.1 Å². The van der Waals surface area contributed by atoms with Crippen molar-refractivity contribution in [2.24, 2.45) is 0 Å². The molecule has 1 aliphatic carbocycles. The molecule has 1 saturated carbocycles. The molecule has 1 N–H and O–H groups in total. The zero-order chi connectivity index (χ0) is 14.9. The molecule has 2 rings (SSSR count). The van der Waals surface area contributed by atoms with E-state index in [1.54, 1.807) is 0 Å². The predicted molar refractivity (Wildman–Crippen MR) is 62.8 cm³/mol. The molecule has 0 bridgehead atoms. The summed E-state index contributed by atoms with van der Waals surface area (Å²) in [6.45, 7) is -1.18. The van der Waals surface area contributed by atoms with Gasteiger partial charge in [0.05, 0.1) is 12.1 Å². The number of aromatic carboxylic acids is 1. The fraction of sp³-hybridized carbons (Fsp3) is 0.462. The largest absolute Gasteiger partial charge is 0.478 e. The smallest absolute Gasteiger partial charge is 0.401 e. The first-order chi connectivity index (χ1) is 9.24. The van der Waals surface area contributed by atoms with Crippen LogP contribution in [0.15, 0.2) is 18.2 Å². The van der Waals surface area contributed by atoms with Crippen LogP contribution < -0.4 is 0 Å². The average Bonchev–Trinajstić information content (AvgIpc) is 3.08. The number of rotatable bonds is 5. The highest BCUT2D eigenvalue weighted by Crippen LogP contribution is 2.31. The molecule has 0 aromatic heterocycles. The number of benzene rings is 1. The third-order valence-corrected chi connectivity index (χ3v) is 3.04. The van der Waals surface area contributed by atoms with Gasteiger partial charge in [-0.15, -0.1) is 0 Å². The van der Waals surface area contributed by atoms with Gasteiger partial charge in [0.15, 0.2) is 0 Å². The van der Waals surface area contributed by atoms with E-state index >= 15 is 0 Å². The normalized spacial score (nSPS) is 15.7. The second-order valence-electron chi connectivity index (χ2n) is 4.90. The third-order valence-electron chi connectivity index (χ3n) is 3.04. The van der Waals surface area contributed by atoms with Crippen molar-refractivity contribution in [3.63, 3.8) is 0 Å². The molecular weight excluding hydrogens is 278 g/mol. The summed E-state index contributed by atoms with van der Waals surface area (Å²) >= 11 is 0. The van der Waals surface area contributed by atoms with Crippen molar-refractivity contribution >= 4 is 5.97 Å². The minimum Gasteiger partial charge on any atom is -0.478 e. The quantitative estimate of drug-likeness (QED) is 0.848. The topological polar surface area (TPSA) is 40.5 Å². The molecule has 3 nitrogen and oxygen atoms in total. The molecule has 1 fully saturated rings. The Balaban J connectivity index is 2.16. The Morgan fingerprint density at radius 1 is 1.30 bits per heavy atom. The van der Waals surface area contributed by atoms with Gasteiger partial charge in [0.25, 0.3) is 0 Å². The molecule has 20 heavy (non-hydrogen) atoms. The van der Waals surface area contributed by atoms with Crippen LogP contribution in [0.4, 0.5) is 17.6 Å². The van der Waals surface area contributed by atoms with Crippen molar-refractivity contribution in [2.75, 3.05) is 6.54 Å². The van der Waals surface area contributed by atoms with Gasteiger partial charge in [-0.1, -0.05) is 0 Å². The molecule has 1 aromatic carbocycles. The van der Waals surface area contributed by atoms with Gasteiger partial charge in [-0.2, -0.15) is 13.2 Å². The second-order valence-corrected chi connectivity index (χ2v) is 4.90. The number of carbonyl (C=O) groups is 1. The van der Waals surface area contributed by atoms with Crippen molar-refractivity contribution in [3.05, 3.63) is 35.1 Å². The van der Waals surface area contributed by atoms with Crippen LogP contribution >= 0.6 is 0 Å². The molecule has 1 aromatic rings. The van der Waals surface area contributed by atoms with E-state index < -0.39 is 24.5 Å². The molecule has 1 aliphatic rings. The summed E-state index contributed by atoms with van der Waals surface area (Å²) in [4.78, 5) is 12.0. The molecule has 0 spiro atoms. The van der Waals surface area contributed by atoms with Crippen LogP contribution in [0.2, 0.25) is 0 Å². The highest BCUT2D eigenvalue weighted by atomic mass is 19.4.